The lowest BCUT2D eigenvalue weighted by atomic mass is 9.57. The zero-order chi connectivity index (χ0) is 15.5. The molecule has 0 spiro atoms. The van der Waals surface area contributed by atoms with E-state index in [1.807, 2.05) is 13.0 Å². The van der Waals surface area contributed by atoms with Crippen molar-refractivity contribution >= 4 is 11.8 Å². The number of allylic oxidation sites excluding steroid dienone is 1. The van der Waals surface area contributed by atoms with Crippen LogP contribution >= 0.6 is 0 Å². The quantitative estimate of drug-likeness (QED) is 0.606. The molecule has 2 aliphatic carbocycles. The predicted octanol–water partition coefficient (Wildman–Crippen LogP) is 2.36. The third-order valence-corrected chi connectivity index (χ3v) is 4.63. The fraction of sp³-hybridized carbons (Fsp3) is 0.625. The Morgan fingerprint density at radius 1 is 1.57 bits per heavy atom. The smallest absolute Gasteiger partial charge is 0.427 e. The van der Waals surface area contributed by atoms with Crippen molar-refractivity contribution < 1.29 is 14.6 Å². The number of amides is 1. The molecule has 5 heteroatoms. The number of fused-ring (bicyclic) bond motifs is 1. The highest BCUT2D eigenvalue weighted by molar-refractivity contribution is 5.97. The van der Waals surface area contributed by atoms with Gasteiger partial charge in [-0.25, -0.2) is 10.2 Å². The first-order valence-corrected chi connectivity index (χ1v) is 7.36. The van der Waals surface area contributed by atoms with Gasteiger partial charge in [-0.3, -0.25) is 0 Å². The minimum atomic E-state index is -1.09. The summed E-state index contributed by atoms with van der Waals surface area (Å²) in [6.07, 6.45) is 10.7. The summed E-state index contributed by atoms with van der Waals surface area (Å²) < 4.78 is 4.77. The van der Waals surface area contributed by atoms with Crippen LogP contribution in [0.1, 0.15) is 46.0 Å². The van der Waals surface area contributed by atoms with Crippen LogP contribution in [-0.2, 0) is 4.74 Å². The first-order valence-electron chi connectivity index (χ1n) is 7.36. The summed E-state index contributed by atoms with van der Waals surface area (Å²) in [7, 11) is 0. The number of terminal acetylenes is 1. The van der Waals surface area contributed by atoms with E-state index in [1.165, 1.54) is 0 Å². The fourth-order valence-corrected chi connectivity index (χ4v) is 3.20. The van der Waals surface area contributed by atoms with Gasteiger partial charge in [0.15, 0.2) is 0 Å². The van der Waals surface area contributed by atoms with Gasteiger partial charge in [0.1, 0.15) is 5.60 Å². The van der Waals surface area contributed by atoms with E-state index < -0.39 is 17.1 Å². The number of aliphatic hydroxyl groups is 1. The first-order chi connectivity index (χ1) is 9.95. The largest absolute Gasteiger partial charge is 0.449 e. The molecule has 0 aliphatic heterocycles. The summed E-state index contributed by atoms with van der Waals surface area (Å²) in [5.74, 6) is 2.59. The molecule has 2 rings (SSSR count). The van der Waals surface area contributed by atoms with Crippen molar-refractivity contribution in [2.45, 2.75) is 51.6 Å². The van der Waals surface area contributed by atoms with Gasteiger partial charge in [0.25, 0.3) is 0 Å². The fourth-order valence-electron chi connectivity index (χ4n) is 3.20. The molecule has 0 aromatic rings. The highest BCUT2D eigenvalue weighted by atomic mass is 16.5. The van der Waals surface area contributed by atoms with Crippen LogP contribution in [0.25, 0.3) is 0 Å². The number of carbonyl (C=O) groups is 1. The summed E-state index contributed by atoms with van der Waals surface area (Å²) in [5.41, 5.74) is 2.79. The molecule has 21 heavy (non-hydrogen) atoms. The topological polar surface area (TPSA) is 70.9 Å². The Kier molecular flexibility index (Phi) is 4.38. The molecule has 2 atom stereocenters. The van der Waals surface area contributed by atoms with Crippen LogP contribution in [0.3, 0.4) is 0 Å². The van der Waals surface area contributed by atoms with E-state index in [1.54, 1.807) is 6.92 Å². The van der Waals surface area contributed by atoms with Crippen molar-refractivity contribution in [3.8, 4) is 12.3 Å². The van der Waals surface area contributed by atoms with Crippen molar-refractivity contribution in [1.29, 1.82) is 0 Å². The van der Waals surface area contributed by atoms with Crippen molar-refractivity contribution in [2.24, 2.45) is 10.5 Å². The number of hydrogen-bond acceptors (Lipinski definition) is 4. The lowest BCUT2D eigenvalue weighted by Crippen LogP contribution is -2.50. The van der Waals surface area contributed by atoms with Crippen molar-refractivity contribution in [2.75, 3.05) is 6.61 Å². The summed E-state index contributed by atoms with van der Waals surface area (Å²) in [4.78, 5) is 11.3. The van der Waals surface area contributed by atoms with Crippen LogP contribution in [0.5, 0.6) is 0 Å². The van der Waals surface area contributed by atoms with E-state index >= 15 is 0 Å². The summed E-state index contributed by atoms with van der Waals surface area (Å²) in [6, 6.07) is 0. The number of carbonyl (C=O) groups excluding carboxylic acids is 1. The van der Waals surface area contributed by atoms with Gasteiger partial charge in [-0.1, -0.05) is 18.4 Å². The van der Waals surface area contributed by atoms with Crippen LogP contribution in [-0.4, -0.2) is 29.1 Å². The number of ether oxygens (including phenoxy) is 1. The number of hydrazone groups is 1. The number of hydrogen-bond donors (Lipinski definition) is 2. The summed E-state index contributed by atoms with van der Waals surface area (Å²) in [6.45, 7) is 4.07. The molecule has 0 heterocycles. The van der Waals surface area contributed by atoms with E-state index in [0.29, 0.717) is 19.4 Å². The third kappa shape index (κ3) is 2.81. The van der Waals surface area contributed by atoms with Crippen molar-refractivity contribution in [3.63, 3.8) is 0 Å². The van der Waals surface area contributed by atoms with Gasteiger partial charge in [-0.2, -0.15) is 5.10 Å². The van der Waals surface area contributed by atoms with Crippen LogP contribution in [0.2, 0.25) is 0 Å². The second-order valence-corrected chi connectivity index (χ2v) is 5.80. The zero-order valence-corrected chi connectivity index (χ0v) is 12.6. The highest BCUT2D eigenvalue weighted by Gasteiger charge is 2.51. The lowest BCUT2D eigenvalue weighted by molar-refractivity contribution is -0.0323. The highest BCUT2D eigenvalue weighted by Crippen LogP contribution is 2.52. The van der Waals surface area contributed by atoms with Gasteiger partial charge in [0, 0.05) is 5.41 Å². The van der Waals surface area contributed by atoms with E-state index in [2.05, 4.69) is 16.4 Å². The Balaban J connectivity index is 2.19. The molecule has 2 N–H and O–H groups in total. The van der Waals surface area contributed by atoms with Crippen LogP contribution in [0.4, 0.5) is 4.79 Å². The van der Waals surface area contributed by atoms with Crippen LogP contribution in [0, 0.1) is 17.8 Å². The van der Waals surface area contributed by atoms with Gasteiger partial charge >= 0.3 is 6.09 Å². The van der Waals surface area contributed by atoms with Gasteiger partial charge in [-0.15, -0.1) is 6.42 Å². The number of rotatable bonds is 2. The second-order valence-electron chi connectivity index (χ2n) is 5.80. The monoisotopic (exact) mass is 290 g/mol. The number of nitrogens with zero attached hydrogens (tertiary/aromatic N) is 1. The summed E-state index contributed by atoms with van der Waals surface area (Å²) >= 11 is 0. The molecule has 5 nitrogen and oxygen atoms in total. The molecule has 114 valence electrons. The Labute approximate surface area is 125 Å². The average Bonchev–Trinajstić information content (AvgIpc) is 2.47. The lowest BCUT2D eigenvalue weighted by Gasteiger charge is -2.49. The Bertz CT molecular complexity index is 532. The number of nitrogens with one attached hydrogen (secondary N) is 1. The van der Waals surface area contributed by atoms with E-state index in [-0.39, 0.29) is 0 Å². The van der Waals surface area contributed by atoms with E-state index in [4.69, 9.17) is 11.2 Å². The maximum absolute atomic E-state index is 11.3. The molecule has 0 aromatic carbocycles. The maximum atomic E-state index is 11.3. The molecule has 0 saturated heterocycles. The Hall–Kier alpha value is -1.80. The minimum absolute atomic E-state index is 0.311. The standard InChI is InChI=1S/C16H22N2O3/c1-4-16(20)9-6-7-12-11-13(8-10-15(12,16)3)17-18-14(19)21-5-2/h1,11,20H,5-10H2,2-3H3,(H,18,19)/b17-13-/t15-,16?/m0/s1. The maximum Gasteiger partial charge on any atom is 0.427 e. The third-order valence-electron chi connectivity index (χ3n) is 4.63. The molecule has 1 saturated carbocycles. The Morgan fingerprint density at radius 3 is 3.00 bits per heavy atom. The molecule has 1 fully saturated rings. The average molecular weight is 290 g/mol. The molecule has 2 aliphatic rings. The summed E-state index contributed by atoms with van der Waals surface area (Å²) in [5, 5.41) is 14.8. The Morgan fingerprint density at radius 2 is 2.33 bits per heavy atom. The van der Waals surface area contributed by atoms with Crippen molar-refractivity contribution in [1.82, 2.24) is 5.43 Å². The molecule has 0 aromatic heterocycles. The SMILES string of the molecule is C#CC1(O)CCCC2=C/C(=N\NC(=O)OCC)CC[C@@]21C. The molecular weight excluding hydrogens is 268 g/mol. The second kappa shape index (κ2) is 5.90. The van der Waals surface area contributed by atoms with E-state index in [9.17, 15) is 9.90 Å². The van der Waals surface area contributed by atoms with Crippen LogP contribution < -0.4 is 5.43 Å². The minimum Gasteiger partial charge on any atom is -0.449 e. The predicted molar refractivity (Wildman–Crippen MR) is 80.7 cm³/mol. The molecular formula is C16H22N2O3. The zero-order valence-electron chi connectivity index (χ0n) is 12.6. The van der Waals surface area contributed by atoms with Gasteiger partial charge in [-0.05, 0) is 45.1 Å². The first kappa shape index (κ1) is 15.6. The van der Waals surface area contributed by atoms with Gasteiger partial charge < -0.3 is 9.84 Å². The molecule has 0 bridgehead atoms. The molecule has 1 unspecified atom stereocenters. The van der Waals surface area contributed by atoms with Gasteiger partial charge in [0.05, 0.1) is 12.3 Å². The van der Waals surface area contributed by atoms with E-state index in [0.717, 1.165) is 30.5 Å². The van der Waals surface area contributed by atoms with Gasteiger partial charge in [0.2, 0.25) is 0 Å². The molecule has 1 amide bonds. The van der Waals surface area contributed by atoms with Crippen LogP contribution in [0.15, 0.2) is 16.8 Å². The molecule has 0 radical (unpaired) electrons. The normalized spacial score (nSPS) is 33.6. The van der Waals surface area contributed by atoms with Crippen molar-refractivity contribution in [3.05, 3.63) is 11.6 Å².